The smallest absolute Gasteiger partial charge is 0.128 e. The Bertz CT molecular complexity index is 766. The van der Waals surface area contributed by atoms with E-state index in [0.29, 0.717) is 17.1 Å². The van der Waals surface area contributed by atoms with Crippen LogP contribution in [-0.4, -0.2) is 9.67 Å². The summed E-state index contributed by atoms with van der Waals surface area (Å²) in [4.78, 5) is 0. The van der Waals surface area contributed by atoms with Gasteiger partial charge in [-0.05, 0) is 24.3 Å². The van der Waals surface area contributed by atoms with Gasteiger partial charge in [0.2, 0.25) is 0 Å². The summed E-state index contributed by atoms with van der Waals surface area (Å²) in [5.74, 6) is -0.280. The van der Waals surface area contributed by atoms with Gasteiger partial charge in [-0.1, -0.05) is 29.8 Å². The van der Waals surface area contributed by atoms with Gasteiger partial charge >= 0.3 is 0 Å². The second-order valence-electron chi connectivity index (χ2n) is 4.69. The molecule has 20 heavy (non-hydrogen) atoms. The molecule has 0 fully saturated rings. The van der Waals surface area contributed by atoms with Crippen molar-refractivity contribution in [2.24, 2.45) is 0 Å². The lowest BCUT2D eigenvalue weighted by molar-refractivity contribution is 0.283. The number of hydrogen-bond donors (Lipinski definition) is 1. The van der Waals surface area contributed by atoms with E-state index in [9.17, 15) is 9.50 Å². The van der Waals surface area contributed by atoms with E-state index in [1.807, 2.05) is 35.0 Å². The predicted molar refractivity (Wildman–Crippen MR) is 78.4 cm³/mol. The maximum Gasteiger partial charge on any atom is 0.128 e. The zero-order chi connectivity index (χ0) is 14.1. The fourth-order valence-electron chi connectivity index (χ4n) is 2.43. The van der Waals surface area contributed by atoms with Crippen LogP contribution in [0, 0.1) is 5.82 Å². The van der Waals surface area contributed by atoms with Crippen LogP contribution in [0.25, 0.3) is 10.9 Å². The Morgan fingerprint density at radius 3 is 2.70 bits per heavy atom. The SMILES string of the molecule is OCc1cn(Cc2cc(Cl)ccc2F)c2ccccc12. The van der Waals surface area contributed by atoms with Crippen molar-refractivity contribution in [1.82, 2.24) is 4.57 Å². The number of aromatic nitrogens is 1. The molecule has 0 aliphatic rings. The Morgan fingerprint density at radius 1 is 1.10 bits per heavy atom. The third-order valence-corrected chi connectivity index (χ3v) is 3.62. The second-order valence-corrected chi connectivity index (χ2v) is 5.13. The summed E-state index contributed by atoms with van der Waals surface area (Å²) in [7, 11) is 0. The molecule has 3 aromatic rings. The first-order chi connectivity index (χ1) is 9.69. The second kappa shape index (κ2) is 5.27. The number of nitrogens with zero attached hydrogens (tertiary/aromatic N) is 1. The van der Waals surface area contributed by atoms with Crippen LogP contribution < -0.4 is 0 Å². The van der Waals surface area contributed by atoms with Crippen LogP contribution in [0.15, 0.2) is 48.7 Å². The van der Waals surface area contributed by atoms with Gasteiger partial charge in [0.15, 0.2) is 0 Å². The van der Waals surface area contributed by atoms with Crippen LogP contribution in [0.2, 0.25) is 5.02 Å². The third kappa shape index (κ3) is 2.30. The first kappa shape index (κ1) is 13.2. The Kier molecular flexibility index (Phi) is 3.47. The molecule has 2 aromatic carbocycles. The summed E-state index contributed by atoms with van der Waals surface area (Å²) in [5, 5.41) is 10.9. The fourth-order valence-corrected chi connectivity index (χ4v) is 2.62. The van der Waals surface area contributed by atoms with E-state index in [1.54, 1.807) is 6.07 Å². The van der Waals surface area contributed by atoms with Crippen LogP contribution >= 0.6 is 11.6 Å². The Labute approximate surface area is 121 Å². The molecule has 4 heteroatoms. The highest BCUT2D eigenvalue weighted by atomic mass is 35.5. The Balaban J connectivity index is 2.09. The number of rotatable bonds is 3. The van der Waals surface area contributed by atoms with Crippen LogP contribution in [0.3, 0.4) is 0 Å². The molecule has 0 radical (unpaired) electrons. The minimum absolute atomic E-state index is 0.0362. The molecular formula is C16H13ClFNO. The molecule has 3 rings (SSSR count). The van der Waals surface area contributed by atoms with Crippen LogP contribution in [-0.2, 0) is 13.2 Å². The molecule has 1 N–H and O–H groups in total. The summed E-state index contributed by atoms with van der Waals surface area (Å²) >= 11 is 5.92. The summed E-state index contributed by atoms with van der Waals surface area (Å²) in [5.41, 5.74) is 2.33. The van der Waals surface area contributed by atoms with E-state index in [4.69, 9.17) is 11.6 Å². The maximum atomic E-state index is 13.8. The van der Waals surface area contributed by atoms with Crippen LogP contribution in [0.5, 0.6) is 0 Å². The number of para-hydroxylation sites is 1. The van der Waals surface area contributed by atoms with Gasteiger partial charge in [0.1, 0.15) is 5.82 Å². The molecule has 1 heterocycles. The van der Waals surface area contributed by atoms with Crippen molar-refractivity contribution >= 4 is 22.5 Å². The Morgan fingerprint density at radius 2 is 1.90 bits per heavy atom. The molecule has 102 valence electrons. The molecule has 1 aromatic heterocycles. The van der Waals surface area contributed by atoms with Gasteiger partial charge in [-0.15, -0.1) is 0 Å². The number of benzene rings is 2. The molecule has 0 spiro atoms. The molecular weight excluding hydrogens is 277 g/mol. The van der Waals surface area contributed by atoms with Gasteiger partial charge in [-0.3, -0.25) is 0 Å². The monoisotopic (exact) mass is 289 g/mol. The summed E-state index contributed by atoms with van der Waals surface area (Å²) in [6.45, 7) is 0.346. The van der Waals surface area contributed by atoms with E-state index in [2.05, 4.69) is 0 Å². The van der Waals surface area contributed by atoms with E-state index in [1.165, 1.54) is 12.1 Å². The molecule has 2 nitrogen and oxygen atoms in total. The zero-order valence-corrected chi connectivity index (χ0v) is 11.4. The lowest BCUT2D eigenvalue weighted by atomic mass is 10.2. The minimum atomic E-state index is -0.280. The average Bonchev–Trinajstić information content (AvgIpc) is 2.81. The molecule has 0 unspecified atom stereocenters. The van der Waals surface area contributed by atoms with Crippen molar-refractivity contribution in [3.05, 3.63) is 70.6 Å². The van der Waals surface area contributed by atoms with Crippen molar-refractivity contribution in [2.75, 3.05) is 0 Å². The molecule has 0 bridgehead atoms. The van der Waals surface area contributed by atoms with E-state index >= 15 is 0 Å². The standard InChI is InChI=1S/C16H13ClFNO/c17-13-5-6-15(18)11(7-13)8-19-9-12(10-20)14-3-1-2-4-16(14)19/h1-7,9,20H,8,10H2. The third-order valence-electron chi connectivity index (χ3n) is 3.39. The van der Waals surface area contributed by atoms with E-state index in [-0.39, 0.29) is 12.4 Å². The highest BCUT2D eigenvalue weighted by Gasteiger charge is 2.10. The summed E-state index contributed by atoms with van der Waals surface area (Å²) in [6, 6.07) is 12.3. The molecule has 0 atom stereocenters. The minimum Gasteiger partial charge on any atom is -0.392 e. The number of fused-ring (bicyclic) bond motifs is 1. The lowest BCUT2D eigenvalue weighted by Gasteiger charge is -2.07. The topological polar surface area (TPSA) is 25.2 Å². The average molecular weight is 290 g/mol. The normalized spacial score (nSPS) is 11.2. The lowest BCUT2D eigenvalue weighted by Crippen LogP contribution is -2.00. The summed E-state index contributed by atoms with van der Waals surface area (Å²) < 4.78 is 15.7. The molecule has 0 aliphatic heterocycles. The fraction of sp³-hybridized carbons (Fsp3) is 0.125. The number of hydrogen-bond acceptors (Lipinski definition) is 1. The van der Waals surface area contributed by atoms with Crippen molar-refractivity contribution < 1.29 is 9.50 Å². The van der Waals surface area contributed by atoms with Gasteiger partial charge in [0.05, 0.1) is 13.2 Å². The van der Waals surface area contributed by atoms with Gasteiger partial charge in [-0.2, -0.15) is 0 Å². The van der Waals surface area contributed by atoms with Crippen molar-refractivity contribution in [3.8, 4) is 0 Å². The van der Waals surface area contributed by atoms with Crippen LogP contribution in [0.4, 0.5) is 4.39 Å². The molecule has 0 saturated heterocycles. The quantitative estimate of drug-likeness (QED) is 0.775. The predicted octanol–water partition coefficient (Wildman–Crippen LogP) is 3.97. The highest BCUT2D eigenvalue weighted by molar-refractivity contribution is 6.30. The van der Waals surface area contributed by atoms with Gasteiger partial charge < -0.3 is 9.67 Å². The number of aliphatic hydroxyl groups excluding tert-OH is 1. The first-order valence-electron chi connectivity index (χ1n) is 6.30. The van der Waals surface area contributed by atoms with Crippen LogP contribution in [0.1, 0.15) is 11.1 Å². The van der Waals surface area contributed by atoms with Crippen molar-refractivity contribution in [2.45, 2.75) is 13.2 Å². The molecule has 0 amide bonds. The van der Waals surface area contributed by atoms with E-state index in [0.717, 1.165) is 16.5 Å². The maximum absolute atomic E-state index is 13.8. The first-order valence-corrected chi connectivity index (χ1v) is 6.68. The van der Waals surface area contributed by atoms with Gasteiger partial charge in [0, 0.05) is 33.2 Å². The molecule has 0 saturated carbocycles. The highest BCUT2D eigenvalue weighted by Crippen LogP contribution is 2.24. The van der Waals surface area contributed by atoms with Crippen molar-refractivity contribution in [3.63, 3.8) is 0 Å². The molecule has 0 aliphatic carbocycles. The number of halogens is 2. The van der Waals surface area contributed by atoms with Gasteiger partial charge in [0.25, 0.3) is 0 Å². The van der Waals surface area contributed by atoms with E-state index < -0.39 is 0 Å². The Hall–Kier alpha value is -1.84. The number of aliphatic hydroxyl groups is 1. The van der Waals surface area contributed by atoms with Gasteiger partial charge in [-0.25, -0.2) is 4.39 Å². The van der Waals surface area contributed by atoms with Crippen molar-refractivity contribution in [1.29, 1.82) is 0 Å². The largest absolute Gasteiger partial charge is 0.392 e. The zero-order valence-electron chi connectivity index (χ0n) is 10.7. The summed E-state index contributed by atoms with van der Waals surface area (Å²) in [6.07, 6.45) is 1.85.